The fraction of sp³-hybridized carbons (Fsp3) is 0.562. The molecular weight excluding hydrogens is 433 g/mol. The topological polar surface area (TPSA) is 79.1 Å². The Morgan fingerprint density at radius 2 is 2.12 bits per heavy atom. The summed E-state index contributed by atoms with van der Waals surface area (Å²) in [4.78, 5) is 6.51. The number of aliphatic imine (C=N–C) groups is 1. The summed E-state index contributed by atoms with van der Waals surface area (Å²) in [6.45, 7) is 4.15. The summed E-state index contributed by atoms with van der Waals surface area (Å²) in [5.41, 5.74) is 0.843. The Morgan fingerprint density at radius 3 is 2.88 bits per heavy atom. The van der Waals surface area contributed by atoms with Gasteiger partial charge in [0.2, 0.25) is 0 Å². The number of halogens is 1. The zero-order valence-corrected chi connectivity index (χ0v) is 17.4. The quantitative estimate of drug-likeness (QED) is 0.251. The molecule has 8 nitrogen and oxygen atoms in total. The molecule has 0 aliphatic rings. The molecule has 0 saturated carbocycles. The van der Waals surface area contributed by atoms with Gasteiger partial charge in [-0.05, 0) is 25.6 Å². The van der Waals surface area contributed by atoms with Gasteiger partial charge in [0.05, 0.1) is 6.54 Å². The maximum atomic E-state index is 5.07. The molecule has 0 fully saturated rings. The van der Waals surface area contributed by atoms with E-state index < -0.39 is 0 Å². The molecule has 0 aromatic carbocycles. The van der Waals surface area contributed by atoms with E-state index in [1.165, 1.54) is 0 Å². The van der Waals surface area contributed by atoms with Gasteiger partial charge in [-0.15, -0.1) is 34.2 Å². The average molecular weight is 461 g/mol. The Balaban J connectivity index is 0.00000312. The van der Waals surface area contributed by atoms with E-state index in [1.54, 1.807) is 14.2 Å². The van der Waals surface area contributed by atoms with Gasteiger partial charge >= 0.3 is 0 Å². The molecule has 0 bridgehead atoms. The van der Waals surface area contributed by atoms with Crippen LogP contribution in [0.2, 0.25) is 0 Å². The van der Waals surface area contributed by atoms with Crippen molar-refractivity contribution < 1.29 is 4.74 Å². The van der Waals surface area contributed by atoms with E-state index in [0.29, 0.717) is 6.54 Å². The molecule has 2 aromatic rings. The maximum Gasteiger partial charge on any atom is 0.191 e. The summed E-state index contributed by atoms with van der Waals surface area (Å²) in [5, 5.41) is 14.9. The highest BCUT2D eigenvalue weighted by Crippen LogP contribution is 2.02. The Kier molecular flexibility index (Phi) is 10.3. The number of nitrogens with zero attached hydrogens (tertiary/aromatic N) is 5. The fourth-order valence-corrected chi connectivity index (χ4v) is 2.35. The Hall–Kier alpha value is -1.46. The van der Waals surface area contributed by atoms with Crippen LogP contribution in [0.25, 0.3) is 5.65 Å². The Morgan fingerprint density at radius 1 is 1.28 bits per heavy atom. The number of fused-ring (bicyclic) bond motifs is 1. The summed E-state index contributed by atoms with van der Waals surface area (Å²) in [5.74, 6) is 1.61. The van der Waals surface area contributed by atoms with Gasteiger partial charge in [-0.2, -0.15) is 0 Å². The smallest absolute Gasteiger partial charge is 0.191 e. The van der Waals surface area contributed by atoms with Crippen LogP contribution < -0.4 is 10.6 Å². The van der Waals surface area contributed by atoms with Gasteiger partial charge in [0.15, 0.2) is 17.4 Å². The van der Waals surface area contributed by atoms with E-state index in [4.69, 9.17) is 4.74 Å². The van der Waals surface area contributed by atoms with Crippen LogP contribution in [0.5, 0.6) is 0 Å². The number of methoxy groups -OCH3 is 1. The monoisotopic (exact) mass is 461 g/mol. The van der Waals surface area contributed by atoms with Gasteiger partial charge in [0.1, 0.15) is 0 Å². The molecular formula is C16H28IN7O. The second kappa shape index (κ2) is 12.0. The third-order valence-corrected chi connectivity index (χ3v) is 3.70. The van der Waals surface area contributed by atoms with Gasteiger partial charge in [0, 0.05) is 46.6 Å². The lowest BCUT2D eigenvalue weighted by Crippen LogP contribution is -2.41. The van der Waals surface area contributed by atoms with E-state index in [2.05, 4.69) is 37.8 Å². The van der Waals surface area contributed by atoms with Crippen LogP contribution in [0.1, 0.15) is 12.2 Å². The SMILES string of the molecule is CN=C(NCCN(C)CCCOC)NCc1nnc2ccccn12.I. The molecule has 25 heavy (non-hydrogen) atoms. The molecule has 140 valence electrons. The molecule has 2 heterocycles. The van der Waals surface area contributed by atoms with Crippen molar-refractivity contribution in [1.82, 2.24) is 30.1 Å². The van der Waals surface area contributed by atoms with Crippen molar-refractivity contribution in [2.45, 2.75) is 13.0 Å². The molecule has 0 atom stereocenters. The molecule has 0 spiro atoms. The highest BCUT2D eigenvalue weighted by atomic mass is 127. The molecule has 2 N–H and O–H groups in total. The van der Waals surface area contributed by atoms with Crippen LogP contribution in [-0.2, 0) is 11.3 Å². The third kappa shape index (κ3) is 7.12. The van der Waals surface area contributed by atoms with Gasteiger partial charge in [0.25, 0.3) is 0 Å². The highest BCUT2D eigenvalue weighted by Gasteiger charge is 2.05. The van der Waals surface area contributed by atoms with Gasteiger partial charge in [-0.1, -0.05) is 6.07 Å². The third-order valence-electron chi connectivity index (χ3n) is 3.70. The van der Waals surface area contributed by atoms with Crippen molar-refractivity contribution in [3.63, 3.8) is 0 Å². The first kappa shape index (κ1) is 21.6. The normalized spacial score (nSPS) is 11.6. The lowest BCUT2D eigenvalue weighted by Gasteiger charge is -2.18. The Bertz CT molecular complexity index is 646. The molecule has 0 saturated heterocycles. The number of likely N-dealkylation sites (N-methyl/N-ethyl adjacent to an activating group) is 1. The number of hydrogen-bond donors (Lipinski definition) is 2. The van der Waals surface area contributed by atoms with E-state index in [-0.39, 0.29) is 24.0 Å². The van der Waals surface area contributed by atoms with E-state index >= 15 is 0 Å². The summed E-state index contributed by atoms with van der Waals surface area (Å²) in [7, 11) is 5.60. The van der Waals surface area contributed by atoms with Crippen LogP contribution in [0.4, 0.5) is 0 Å². The molecule has 0 amide bonds. The van der Waals surface area contributed by atoms with Crippen molar-refractivity contribution in [3.05, 3.63) is 30.2 Å². The minimum Gasteiger partial charge on any atom is -0.385 e. The van der Waals surface area contributed by atoms with Crippen molar-refractivity contribution in [3.8, 4) is 0 Å². The maximum absolute atomic E-state index is 5.07. The minimum absolute atomic E-state index is 0. The number of aromatic nitrogens is 3. The number of pyridine rings is 1. The molecule has 9 heteroatoms. The average Bonchev–Trinajstić information content (AvgIpc) is 3.01. The first-order valence-electron chi connectivity index (χ1n) is 8.15. The zero-order chi connectivity index (χ0) is 17.2. The van der Waals surface area contributed by atoms with Crippen molar-refractivity contribution in [2.75, 3.05) is 47.4 Å². The minimum atomic E-state index is 0. The van der Waals surface area contributed by atoms with Gasteiger partial charge < -0.3 is 20.3 Å². The van der Waals surface area contributed by atoms with Crippen LogP contribution in [0, 0.1) is 0 Å². The summed E-state index contributed by atoms with van der Waals surface area (Å²) in [6.07, 6.45) is 3.00. The molecule has 0 aliphatic carbocycles. The molecule has 0 unspecified atom stereocenters. The van der Waals surface area contributed by atoms with Gasteiger partial charge in [-0.25, -0.2) is 0 Å². The van der Waals surface area contributed by atoms with Crippen molar-refractivity contribution in [2.24, 2.45) is 4.99 Å². The first-order chi connectivity index (χ1) is 11.7. The van der Waals surface area contributed by atoms with Crippen LogP contribution in [0.15, 0.2) is 29.4 Å². The number of ether oxygens (including phenoxy) is 1. The predicted octanol–water partition coefficient (Wildman–Crippen LogP) is 0.981. The van der Waals surface area contributed by atoms with Crippen molar-refractivity contribution in [1.29, 1.82) is 0 Å². The number of nitrogens with one attached hydrogen (secondary N) is 2. The number of rotatable bonds is 9. The predicted molar refractivity (Wildman–Crippen MR) is 111 cm³/mol. The number of guanidine groups is 1. The number of hydrogen-bond acceptors (Lipinski definition) is 5. The standard InChI is InChI=1S/C16H27N7O.HI/c1-17-16(18-8-11-22(2)9-6-12-24-3)19-13-15-21-20-14-7-4-5-10-23(14)15;/h4-5,7,10H,6,8-9,11-13H2,1-3H3,(H2,17,18,19);1H. The fourth-order valence-electron chi connectivity index (χ4n) is 2.35. The highest BCUT2D eigenvalue weighted by molar-refractivity contribution is 14.0. The zero-order valence-electron chi connectivity index (χ0n) is 15.1. The second-order valence-electron chi connectivity index (χ2n) is 5.55. The van der Waals surface area contributed by atoms with Gasteiger partial charge in [-0.3, -0.25) is 9.39 Å². The lowest BCUT2D eigenvalue weighted by atomic mass is 10.4. The largest absolute Gasteiger partial charge is 0.385 e. The van der Waals surface area contributed by atoms with Crippen LogP contribution in [0.3, 0.4) is 0 Å². The molecule has 0 radical (unpaired) electrons. The molecule has 2 aromatic heterocycles. The summed E-state index contributed by atoms with van der Waals surface area (Å²) >= 11 is 0. The Labute approximate surface area is 166 Å². The first-order valence-corrected chi connectivity index (χ1v) is 8.15. The van der Waals surface area contributed by atoms with Crippen LogP contribution in [-0.4, -0.2) is 72.9 Å². The molecule has 2 rings (SSSR count). The lowest BCUT2D eigenvalue weighted by molar-refractivity contribution is 0.180. The van der Waals surface area contributed by atoms with E-state index in [0.717, 1.165) is 50.1 Å². The van der Waals surface area contributed by atoms with E-state index in [9.17, 15) is 0 Å². The summed E-state index contributed by atoms with van der Waals surface area (Å²) in [6, 6.07) is 5.85. The molecule has 0 aliphatic heterocycles. The summed E-state index contributed by atoms with van der Waals surface area (Å²) < 4.78 is 7.03. The van der Waals surface area contributed by atoms with Crippen molar-refractivity contribution >= 4 is 35.6 Å². The second-order valence-corrected chi connectivity index (χ2v) is 5.55. The van der Waals surface area contributed by atoms with E-state index in [1.807, 2.05) is 28.8 Å². The van der Waals surface area contributed by atoms with Crippen LogP contribution >= 0.6 is 24.0 Å².